The SMILES string of the molecule is C[C@@H]1CC2C3C[C@H](F)C4=CC(=O)C=C[C@]4(C)C3[C@@H](O)CC2(C)[C@H]1C(=O)CO. The van der Waals surface area contributed by atoms with Crippen LogP contribution in [0.15, 0.2) is 23.8 Å². The molecule has 4 rings (SSSR count). The van der Waals surface area contributed by atoms with Gasteiger partial charge in [0.15, 0.2) is 11.6 Å². The van der Waals surface area contributed by atoms with Gasteiger partial charge in [0.2, 0.25) is 0 Å². The second-order valence-corrected chi connectivity index (χ2v) is 9.71. The fourth-order valence-corrected chi connectivity index (χ4v) is 7.49. The van der Waals surface area contributed by atoms with Gasteiger partial charge < -0.3 is 10.2 Å². The lowest BCUT2D eigenvalue weighted by atomic mass is 9.46. The van der Waals surface area contributed by atoms with Crippen LogP contribution >= 0.6 is 0 Å². The van der Waals surface area contributed by atoms with E-state index in [4.69, 9.17) is 0 Å². The van der Waals surface area contributed by atoms with Crippen molar-refractivity contribution in [2.45, 2.75) is 52.3 Å². The molecule has 0 amide bonds. The van der Waals surface area contributed by atoms with Crippen molar-refractivity contribution >= 4 is 11.6 Å². The summed E-state index contributed by atoms with van der Waals surface area (Å²) in [4.78, 5) is 24.3. The molecule has 2 N–H and O–H groups in total. The van der Waals surface area contributed by atoms with Crippen molar-refractivity contribution in [2.75, 3.05) is 6.61 Å². The van der Waals surface area contributed by atoms with Crippen molar-refractivity contribution in [3.63, 3.8) is 0 Å². The van der Waals surface area contributed by atoms with E-state index in [0.717, 1.165) is 6.42 Å². The fraction of sp³-hybridized carbons (Fsp3) is 0.727. The van der Waals surface area contributed by atoms with E-state index in [9.17, 15) is 19.8 Å². The Balaban J connectivity index is 1.77. The van der Waals surface area contributed by atoms with Crippen LogP contribution in [0.2, 0.25) is 0 Å². The first kappa shape index (κ1) is 19.0. The van der Waals surface area contributed by atoms with Crippen molar-refractivity contribution in [3.8, 4) is 0 Å². The molecule has 3 saturated carbocycles. The molecular weight excluding hydrogens is 347 g/mol. The highest BCUT2D eigenvalue weighted by molar-refractivity contribution is 6.01. The van der Waals surface area contributed by atoms with Gasteiger partial charge in [-0.15, -0.1) is 0 Å². The quantitative estimate of drug-likeness (QED) is 0.777. The largest absolute Gasteiger partial charge is 0.393 e. The molecule has 4 nitrogen and oxygen atoms in total. The van der Waals surface area contributed by atoms with Crippen LogP contribution in [0.4, 0.5) is 4.39 Å². The summed E-state index contributed by atoms with van der Waals surface area (Å²) in [6.45, 7) is 5.53. The number of hydrogen-bond acceptors (Lipinski definition) is 4. The summed E-state index contributed by atoms with van der Waals surface area (Å²) < 4.78 is 15.2. The van der Waals surface area contributed by atoms with Crippen LogP contribution in [0, 0.1) is 40.4 Å². The van der Waals surface area contributed by atoms with Gasteiger partial charge in [0, 0.05) is 17.3 Å². The Morgan fingerprint density at radius 3 is 2.70 bits per heavy atom. The second-order valence-electron chi connectivity index (χ2n) is 9.71. The van der Waals surface area contributed by atoms with Gasteiger partial charge in [-0.25, -0.2) is 4.39 Å². The minimum absolute atomic E-state index is 0.0484. The molecule has 0 aromatic rings. The Hall–Kier alpha value is -1.33. The summed E-state index contributed by atoms with van der Waals surface area (Å²) in [5, 5.41) is 20.6. The summed E-state index contributed by atoms with van der Waals surface area (Å²) in [7, 11) is 0. The topological polar surface area (TPSA) is 74.6 Å². The molecule has 0 aromatic carbocycles. The number of rotatable bonds is 2. The number of Topliss-reactive ketones (excluding diaryl/α,β-unsaturated/α-hetero) is 1. The summed E-state index contributed by atoms with van der Waals surface area (Å²) in [6.07, 6.45) is 4.39. The van der Waals surface area contributed by atoms with Crippen molar-refractivity contribution in [2.24, 2.45) is 40.4 Å². The van der Waals surface area contributed by atoms with E-state index >= 15 is 4.39 Å². The summed E-state index contributed by atoms with van der Waals surface area (Å²) in [5.74, 6) is -0.626. The molecule has 0 spiro atoms. The van der Waals surface area contributed by atoms with Crippen molar-refractivity contribution < 1.29 is 24.2 Å². The van der Waals surface area contributed by atoms with Gasteiger partial charge >= 0.3 is 0 Å². The predicted octanol–water partition coefficient (Wildman–Crippen LogP) is 2.64. The molecule has 0 bridgehead atoms. The maximum Gasteiger partial charge on any atom is 0.178 e. The number of aliphatic hydroxyl groups excluding tert-OH is 2. The van der Waals surface area contributed by atoms with E-state index in [0.29, 0.717) is 12.0 Å². The van der Waals surface area contributed by atoms with Gasteiger partial charge in [-0.05, 0) is 60.2 Å². The summed E-state index contributed by atoms with van der Waals surface area (Å²) in [5.41, 5.74) is -0.599. The minimum Gasteiger partial charge on any atom is -0.393 e. The molecule has 0 heterocycles. The molecule has 0 radical (unpaired) electrons. The standard InChI is InChI=1S/C22H29FO4/c1-11-6-14-13-8-16(23)15-7-12(25)4-5-21(15,2)20(13)17(26)9-22(14,3)19(11)18(27)10-24/h4-5,7,11,13-14,16-17,19-20,24,26H,6,8-10H2,1-3H3/t11-,13?,14?,16+,17+,19-,20?,21+,22?/m1/s1. The number of carbonyl (C=O) groups excluding carboxylic acids is 2. The third-order valence-electron chi connectivity index (χ3n) is 8.32. The average molecular weight is 376 g/mol. The number of carbonyl (C=O) groups is 2. The lowest BCUT2D eigenvalue weighted by Gasteiger charge is -2.59. The third-order valence-corrected chi connectivity index (χ3v) is 8.32. The maximum absolute atomic E-state index is 15.2. The Kier molecular flexibility index (Phi) is 4.28. The Bertz CT molecular complexity index is 743. The Labute approximate surface area is 159 Å². The molecule has 9 atom stereocenters. The zero-order valence-corrected chi connectivity index (χ0v) is 16.2. The third kappa shape index (κ3) is 2.47. The lowest BCUT2D eigenvalue weighted by Crippen LogP contribution is -2.58. The first-order valence-corrected chi connectivity index (χ1v) is 10.0. The van der Waals surface area contributed by atoms with Crippen LogP contribution in [0.25, 0.3) is 0 Å². The molecule has 4 aliphatic rings. The number of hydrogen-bond donors (Lipinski definition) is 2. The molecule has 4 unspecified atom stereocenters. The summed E-state index contributed by atoms with van der Waals surface area (Å²) in [6, 6.07) is 0. The van der Waals surface area contributed by atoms with Crippen LogP contribution in [0.5, 0.6) is 0 Å². The normalized spacial score (nSPS) is 51.3. The summed E-state index contributed by atoms with van der Waals surface area (Å²) >= 11 is 0. The van der Waals surface area contributed by atoms with Crippen LogP contribution in [-0.2, 0) is 9.59 Å². The molecular formula is C22H29FO4. The molecule has 148 valence electrons. The number of allylic oxidation sites excluding steroid dienone is 4. The van der Waals surface area contributed by atoms with Gasteiger partial charge in [-0.2, -0.15) is 0 Å². The first-order chi connectivity index (χ1) is 12.6. The first-order valence-electron chi connectivity index (χ1n) is 10.0. The zero-order chi connectivity index (χ0) is 19.7. The highest BCUT2D eigenvalue weighted by Crippen LogP contribution is 2.67. The average Bonchev–Trinajstić information content (AvgIpc) is 2.85. The van der Waals surface area contributed by atoms with E-state index < -0.39 is 29.7 Å². The highest BCUT2D eigenvalue weighted by Gasteiger charge is 2.65. The van der Waals surface area contributed by atoms with Crippen LogP contribution in [0.3, 0.4) is 0 Å². The number of fused-ring (bicyclic) bond motifs is 5. The van der Waals surface area contributed by atoms with E-state index in [-0.39, 0.29) is 47.6 Å². The van der Waals surface area contributed by atoms with E-state index in [2.05, 4.69) is 0 Å². The molecule has 3 fully saturated rings. The van der Waals surface area contributed by atoms with E-state index in [1.807, 2.05) is 20.8 Å². The smallest absolute Gasteiger partial charge is 0.178 e. The van der Waals surface area contributed by atoms with Gasteiger partial charge in [0.25, 0.3) is 0 Å². The van der Waals surface area contributed by atoms with Gasteiger partial charge in [0.1, 0.15) is 12.8 Å². The van der Waals surface area contributed by atoms with E-state index in [1.165, 1.54) is 12.2 Å². The van der Waals surface area contributed by atoms with E-state index in [1.54, 1.807) is 6.08 Å². The van der Waals surface area contributed by atoms with Crippen molar-refractivity contribution in [1.82, 2.24) is 0 Å². The van der Waals surface area contributed by atoms with Gasteiger partial charge in [0.05, 0.1) is 6.10 Å². The lowest BCUT2D eigenvalue weighted by molar-refractivity contribution is -0.144. The molecule has 0 aliphatic heterocycles. The second kappa shape index (κ2) is 6.08. The number of halogens is 1. The molecule has 27 heavy (non-hydrogen) atoms. The molecule has 4 aliphatic carbocycles. The number of ketones is 2. The minimum atomic E-state index is -1.21. The predicted molar refractivity (Wildman–Crippen MR) is 98.4 cm³/mol. The van der Waals surface area contributed by atoms with Gasteiger partial charge in [-0.1, -0.05) is 26.8 Å². The van der Waals surface area contributed by atoms with Crippen molar-refractivity contribution in [3.05, 3.63) is 23.8 Å². The van der Waals surface area contributed by atoms with Crippen LogP contribution < -0.4 is 0 Å². The fourth-order valence-electron chi connectivity index (χ4n) is 7.49. The Morgan fingerprint density at radius 2 is 2.04 bits per heavy atom. The molecule has 0 saturated heterocycles. The number of alkyl halides is 1. The van der Waals surface area contributed by atoms with Crippen molar-refractivity contribution in [1.29, 1.82) is 0 Å². The monoisotopic (exact) mass is 376 g/mol. The van der Waals surface area contributed by atoms with Crippen LogP contribution in [0.1, 0.15) is 40.0 Å². The molecule has 5 heteroatoms. The highest BCUT2D eigenvalue weighted by atomic mass is 19.1. The Morgan fingerprint density at radius 1 is 1.33 bits per heavy atom. The molecule has 0 aromatic heterocycles. The van der Waals surface area contributed by atoms with Crippen LogP contribution in [-0.4, -0.2) is 40.7 Å². The van der Waals surface area contributed by atoms with Gasteiger partial charge in [-0.3, -0.25) is 9.59 Å². The maximum atomic E-state index is 15.2. The zero-order valence-electron chi connectivity index (χ0n) is 16.2. The number of aliphatic hydroxyl groups is 2.